The van der Waals surface area contributed by atoms with Crippen LogP contribution >= 0.6 is 15.9 Å². The van der Waals surface area contributed by atoms with E-state index in [-0.39, 0.29) is 4.83 Å². The van der Waals surface area contributed by atoms with Crippen LogP contribution in [0.3, 0.4) is 0 Å². The average molecular weight is 271 g/mol. The number of fused-ring (bicyclic) bond motifs is 3. The molecule has 3 heteroatoms. The molecule has 1 aromatic carbocycles. The quantitative estimate of drug-likeness (QED) is 0.688. The van der Waals surface area contributed by atoms with Crippen LogP contribution in [0.25, 0.3) is 11.3 Å². The Balaban J connectivity index is 2.38. The fourth-order valence-corrected chi connectivity index (χ4v) is 2.99. The Bertz CT molecular complexity index is 614. The number of hydrogen-bond acceptors (Lipinski definition) is 2. The lowest BCUT2D eigenvalue weighted by molar-refractivity contribution is 1.20. The van der Waals surface area contributed by atoms with Crippen molar-refractivity contribution < 1.29 is 0 Å². The van der Waals surface area contributed by atoms with Crippen molar-refractivity contribution in [1.29, 1.82) is 5.26 Å². The molecular formula is C13H7BrN2. The standard InChI is InChI=1S/C13H7BrN2/c14-12-9-3-1-2-4-10(9)13-11(12)8(7-15)5-6-16-13/h1-6,12H. The van der Waals surface area contributed by atoms with Crippen molar-refractivity contribution in [2.75, 3.05) is 0 Å². The molecule has 76 valence electrons. The minimum absolute atomic E-state index is 0.0852. The van der Waals surface area contributed by atoms with Crippen LogP contribution in [0.1, 0.15) is 21.5 Å². The predicted molar refractivity (Wildman–Crippen MR) is 65.2 cm³/mol. The zero-order chi connectivity index (χ0) is 11.1. The summed E-state index contributed by atoms with van der Waals surface area (Å²) in [6.07, 6.45) is 1.69. The number of benzene rings is 1. The summed E-state index contributed by atoms with van der Waals surface area (Å²) in [4.78, 5) is 4.46. The molecule has 1 unspecified atom stereocenters. The molecule has 0 spiro atoms. The summed E-state index contributed by atoms with van der Waals surface area (Å²) in [5.74, 6) is 0. The molecule has 3 rings (SSSR count). The number of hydrogen-bond donors (Lipinski definition) is 0. The van der Waals surface area contributed by atoms with Gasteiger partial charge in [0.15, 0.2) is 0 Å². The van der Waals surface area contributed by atoms with Crippen molar-refractivity contribution in [1.82, 2.24) is 4.98 Å². The van der Waals surface area contributed by atoms with E-state index in [2.05, 4.69) is 33.0 Å². The van der Waals surface area contributed by atoms with Crippen LogP contribution in [-0.2, 0) is 0 Å². The monoisotopic (exact) mass is 270 g/mol. The van der Waals surface area contributed by atoms with Crippen LogP contribution in [0.4, 0.5) is 0 Å². The van der Waals surface area contributed by atoms with Gasteiger partial charge >= 0.3 is 0 Å². The van der Waals surface area contributed by atoms with Gasteiger partial charge in [0.2, 0.25) is 0 Å². The summed E-state index contributed by atoms with van der Waals surface area (Å²) >= 11 is 3.64. The summed E-state index contributed by atoms with van der Waals surface area (Å²) in [7, 11) is 0. The summed E-state index contributed by atoms with van der Waals surface area (Å²) in [6, 6.07) is 12.1. The largest absolute Gasteiger partial charge is 0.256 e. The van der Waals surface area contributed by atoms with Crippen molar-refractivity contribution in [3.8, 4) is 17.3 Å². The van der Waals surface area contributed by atoms with E-state index in [4.69, 9.17) is 5.26 Å². The van der Waals surface area contributed by atoms with Crippen LogP contribution in [0.15, 0.2) is 36.5 Å². The van der Waals surface area contributed by atoms with E-state index in [9.17, 15) is 0 Å². The Kier molecular flexibility index (Phi) is 2.05. The SMILES string of the molecule is N#Cc1ccnc2c1C(Br)c1ccccc1-2. The van der Waals surface area contributed by atoms with E-state index in [1.807, 2.05) is 18.2 Å². The first kappa shape index (κ1) is 9.56. The number of alkyl halides is 1. The second kappa shape index (κ2) is 3.43. The molecule has 2 aromatic rings. The van der Waals surface area contributed by atoms with Crippen LogP contribution in [0.2, 0.25) is 0 Å². The van der Waals surface area contributed by atoms with Gasteiger partial charge in [-0.05, 0) is 11.6 Å². The van der Waals surface area contributed by atoms with Crippen LogP contribution in [-0.4, -0.2) is 4.98 Å². The summed E-state index contributed by atoms with van der Waals surface area (Å²) in [6.45, 7) is 0. The maximum Gasteiger partial charge on any atom is 0.0996 e. The number of pyridine rings is 1. The molecule has 1 aromatic heterocycles. The minimum Gasteiger partial charge on any atom is -0.256 e. The molecule has 1 atom stereocenters. The molecule has 0 bridgehead atoms. The molecule has 0 amide bonds. The highest BCUT2D eigenvalue weighted by Crippen LogP contribution is 2.47. The van der Waals surface area contributed by atoms with Crippen LogP contribution in [0.5, 0.6) is 0 Å². The molecule has 0 saturated carbocycles. The lowest BCUT2D eigenvalue weighted by Gasteiger charge is -2.04. The molecular weight excluding hydrogens is 264 g/mol. The summed E-state index contributed by atoms with van der Waals surface area (Å²) in [5.41, 5.74) is 4.93. The highest BCUT2D eigenvalue weighted by molar-refractivity contribution is 9.09. The van der Waals surface area contributed by atoms with Gasteiger partial charge in [-0.3, -0.25) is 4.98 Å². The van der Waals surface area contributed by atoms with Gasteiger partial charge in [0.25, 0.3) is 0 Å². The van der Waals surface area contributed by atoms with Gasteiger partial charge < -0.3 is 0 Å². The molecule has 1 heterocycles. The van der Waals surface area contributed by atoms with Gasteiger partial charge in [-0.15, -0.1) is 0 Å². The summed E-state index contributed by atoms with van der Waals surface area (Å²) in [5, 5.41) is 9.10. The molecule has 2 nitrogen and oxygen atoms in total. The first-order valence-electron chi connectivity index (χ1n) is 4.95. The van der Waals surface area contributed by atoms with E-state index in [0.29, 0.717) is 5.56 Å². The fourth-order valence-electron chi connectivity index (χ4n) is 2.13. The molecule has 0 radical (unpaired) electrons. The third-order valence-corrected chi connectivity index (χ3v) is 3.80. The Morgan fingerprint density at radius 3 is 2.88 bits per heavy atom. The van der Waals surface area contributed by atoms with E-state index in [1.54, 1.807) is 12.3 Å². The second-order valence-electron chi connectivity index (χ2n) is 3.68. The fraction of sp³-hybridized carbons (Fsp3) is 0.0769. The molecule has 1 aliphatic carbocycles. The normalized spacial score (nSPS) is 16.4. The van der Waals surface area contributed by atoms with Crippen LogP contribution in [0, 0.1) is 11.3 Å². The molecule has 0 aliphatic heterocycles. The highest BCUT2D eigenvalue weighted by Gasteiger charge is 2.29. The van der Waals surface area contributed by atoms with Crippen molar-refractivity contribution in [2.24, 2.45) is 0 Å². The topological polar surface area (TPSA) is 36.7 Å². The zero-order valence-electron chi connectivity index (χ0n) is 8.31. The van der Waals surface area contributed by atoms with Crippen LogP contribution < -0.4 is 0 Å². The second-order valence-corrected chi connectivity index (χ2v) is 4.60. The van der Waals surface area contributed by atoms with Crippen molar-refractivity contribution in [3.63, 3.8) is 0 Å². The number of aromatic nitrogens is 1. The summed E-state index contributed by atoms with van der Waals surface area (Å²) < 4.78 is 0. The van der Waals surface area contributed by atoms with Gasteiger partial charge in [0.1, 0.15) is 0 Å². The van der Waals surface area contributed by atoms with Crippen molar-refractivity contribution >= 4 is 15.9 Å². The van der Waals surface area contributed by atoms with Gasteiger partial charge in [0, 0.05) is 17.3 Å². The molecule has 0 saturated heterocycles. The Hall–Kier alpha value is -1.66. The zero-order valence-corrected chi connectivity index (χ0v) is 9.90. The smallest absolute Gasteiger partial charge is 0.0996 e. The first-order chi connectivity index (χ1) is 7.83. The maximum atomic E-state index is 9.10. The van der Waals surface area contributed by atoms with E-state index < -0.39 is 0 Å². The van der Waals surface area contributed by atoms with Crippen molar-refractivity contribution in [3.05, 3.63) is 53.2 Å². The Morgan fingerprint density at radius 1 is 1.25 bits per heavy atom. The molecule has 1 aliphatic rings. The third-order valence-electron chi connectivity index (χ3n) is 2.85. The third kappa shape index (κ3) is 1.14. The van der Waals surface area contributed by atoms with E-state index in [0.717, 1.165) is 16.8 Å². The van der Waals surface area contributed by atoms with E-state index >= 15 is 0 Å². The Morgan fingerprint density at radius 2 is 2.06 bits per heavy atom. The predicted octanol–water partition coefficient (Wildman–Crippen LogP) is 3.42. The average Bonchev–Trinajstić information content (AvgIpc) is 2.64. The van der Waals surface area contributed by atoms with Crippen molar-refractivity contribution in [2.45, 2.75) is 4.83 Å². The molecule has 0 fully saturated rings. The number of nitriles is 1. The number of halogens is 1. The lowest BCUT2D eigenvalue weighted by atomic mass is 10.1. The number of nitrogens with zero attached hydrogens (tertiary/aromatic N) is 2. The minimum atomic E-state index is 0.0852. The van der Waals surface area contributed by atoms with Gasteiger partial charge in [-0.25, -0.2) is 0 Å². The van der Waals surface area contributed by atoms with Gasteiger partial charge in [0.05, 0.1) is 22.2 Å². The Labute approximate surface area is 102 Å². The lowest BCUT2D eigenvalue weighted by Crippen LogP contribution is -1.91. The first-order valence-corrected chi connectivity index (χ1v) is 5.87. The van der Waals surface area contributed by atoms with Gasteiger partial charge in [-0.2, -0.15) is 5.26 Å². The van der Waals surface area contributed by atoms with E-state index in [1.165, 1.54) is 5.56 Å². The maximum absolute atomic E-state index is 9.10. The van der Waals surface area contributed by atoms with Gasteiger partial charge in [-0.1, -0.05) is 40.2 Å². The molecule has 16 heavy (non-hydrogen) atoms. The highest BCUT2D eigenvalue weighted by atomic mass is 79.9. The molecule has 0 N–H and O–H groups in total. The number of rotatable bonds is 0.